The molecule has 0 aliphatic heterocycles. The number of carbonyl (C=O) groups excluding carboxylic acids is 1. The number of carbonyl (C=O) groups is 1. The third-order valence-corrected chi connectivity index (χ3v) is 5.24. The second-order valence-electron chi connectivity index (χ2n) is 4.77. The van der Waals surface area contributed by atoms with Crippen LogP contribution < -0.4 is 5.56 Å². The average molecular weight is 354 g/mol. The molecule has 0 radical (unpaired) electrons. The molecule has 0 fully saturated rings. The molecular weight excluding hydrogens is 342 g/mol. The Bertz CT molecular complexity index is 883. The maximum Gasteiger partial charge on any atom is 0.262 e. The van der Waals surface area contributed by atoms with E-state index in [0.29, 0.717) is 21.1 Å². The monoisotopic (exact) mass is 353 g/mol. The van der Waals surface area contributed by atoms with E-state index in [1.807, 2.05) is 11.4 Å². The smallest absolute Gasteiger partial charge is 0.262 e. The van der Waals surface area contributed by atoms with Crippen molar-refractivity contribution in [3.05, 3.63) is 49.5 Å². The van der Waals surface area contributed by atoms with E-state index in [9.17, 15) is 9.59 Å². The van der Waals surface area contributed by atoms with Crippen molar-refractivity contribution in [2.24, 2.45) is 0 Å². The van der Waals surface area contributed by atoms with Gasteiger partial charge in [0.05, 0.1) is 22.6 Å². The fraction of sp³-hybridized carbons (Fsp3) is 0.214. The molecule has 0 aromatic carbocycles. The van der Waals surface area contributed by atoms with E-state index in [4.69, 9.17) is 11.6 Å². The van der Waals surface area contributed by atoms with Crippen molar-refractivity contribution < 1.29 is 4.79 Å². The summed E-state index contributed by atoms with van der Waals surface area (Å²) in [5.74, 6) is -0.150. The minimum Gasteiger partial charge on any atom is -0.339 e. The number of amides is 1. The molecule has 5 nitrogen and oxygen atoms in total. The molecule has 3 aromatic heterocycles. The molecule has 8 heteroatoms. The Kier molecular flexibility index (Phi) is 4.28. The van der Waals surface area contributed by atoms with Gasteiger partial charge in [-0.15, -0.1) is 22.7 Å². The lowest BCUT2D eigenvalue weighted by Gasteiger charge is -2.16. The summed E-state index contributed by atoms with van der Waals surface area (Å²) in [4.78, 5) is 32.0. The van der Waals surface area contributed by atoms with Gasteiger partial charge in [-0.25, -0.2) is 4.98 Å². The van der Waals surface area contributed by atoms with Crippen molar-refractivity contribution in [3.8, 4) is 0 Å². The van der Waals surface area contributed by atoms with Gasteiger partial charge in [0.25, 0.3) is 5.56 Å². The number of thiophene rings is 2. The van der Waals surface area contributed by atoms with Crippen LogP contribution in [0.2, 0.25) is 4.34 Å². The highest BCUT2D eigenvalue weighted by molar-refractivity contribution is 7.16. The van der Waals surface area contributed by atoms with E-state index in [1.54, 1.807) is 24.1 Å². The van der Waals surface area contributed by atoms with Gasteiger partial charge in [-0.1, -0.05) is 11.6 Å². The highest BCUT2D eigenvalue weighted by Gasteiger charge is 2.13. The number of likely N-dealkylation sites (N-methyl/N-ethyl adjacent to an activating group) is 1. The van der Waals surface area contributed by atoms with Crippen LogP contribution in [0.4, 0.5) is 0 Å². The molecule has 22 heavy (non-hydrogen) atoms. The number of aromatic nitrogens is 2. The first kappa shape index (κ1) is 15.2. The first-order chi connectivity index (χ1) is 10.5. The topological polar surface area (TPSA) is 55.2 Å². The molecule has 3 aromatic rings. The molecule has 0 saturated carbocycles. The van der Waals surface area contributed by atoms with Crippen LogP contribution in [0.5, 0.6) is 0 Å². The van der Waals surface area contributed by atoms with Crippen molar-refractivity contribution in [2.75, 3.05) is 7.05 Å². The normalized spacial score (nSPS) is 11.0. The Hall–Kier alpha value is -1.70. The van der Waals surface area contributed by atoms with Crippen LogP contribution in [0.25, 0.3) is 10.2 Å². The summed E-state index contributed by atoms with van der Waals surface area (Å²) in [5, 5.41) is 2.37. The van der Waals surface area contributed by atoms with Crippen LogP contribution in [-0.2, 0) is 17.9 Å². The number of hydrogen-bond donors (Lipinski definition) is 0. The summed E-state index contributed by atoms with van der Waals surface area (Å²) in [5.41, 5.74) is -0.188. The predicted octanol–water partition coefficient (Wildman–Crippen LogP) is 2.83. The highest BCUT2D eigenvalue weighted by atomic mass is 35.5. The molecule has 0 atom stereocenters. The Morgan fingerprint density at radius 1 is 1.41 bits per heavy atom. The average Bonchev–Trinajstić information content (AvgIpc) is 3.11. The van der Waals surface area contributed by atoms with Crippen LogP contribution in [0.15, 0.2) is 34.7 Å². The number of hydrogen-bond acceptors (Lipinski definition) is 5. The van der Waals surface area contributed by atoms with Gasteiger partial charge in [0, 0.05) is 11.9 Å². The van der Waals surface area contributed by atoms with Gasteiger partial charge < -0.3 is 4.90 Å². The molecule has 0 saturated heterocycles. The van der Waals surface area contributed by atoms with Gasteiger partial charge in [-0.3, -0.25) is 14.2 Å². The molecule has 3 rings (SSSR count). The van der Waals surface area contributed by atoms with E-state index in [1.165, 1.54) is 33.6 Å². The highest BCUT2D eigenvalue weighted by Crippen LogP contribution is 2.22. The van der Waals surface area contributed by atoms with Gasteiger partial charge in [0.2, 0.25) is 5.91 Å². The Morgan fingerprint density at radius 3 is 2.95 bits per heavy atom. The van der Waals surface area contributed by atoms with Crippen molar-refractivity contribution in [1.29, 1.82) is 0 Å². The summed E-state index contributed by atoms with van der Waals surface area (Å²) >= 11 is 8.73. The zero-order chi connectivity index (χ0) is 15.7. The summed E-state index contributed by atoms with van der Waals surface area (Å²) in [6, 6.07) is 5.42. The lowest BCUT2D eigenvalue weighted by atomic mass is 10.4. The second-order valence-corrected chi connectivity index (χ2v) is 7.47. The molecule has 0 unspecified atom stereocenters. The van der Waals surface area contributed by atoms with Crippen molar-refractivity contribution in [3.63, 3.8) is 0 Å². The summed E-state index contributed by atoms with van der Waals surface area (Å²) in [6.45, 7) is 0.451. The van der Waals surface area contributed by atoms with Crippen molar-refractivity contribution in [1.82, 2.24) is 14.5 Å². The van der Waals surface area contributed by atoms with Gasteiger partial charge in [-0.2, -0.15) is 0 Å². The van der Waals surface area contributed by atoms with Crippen LogP contribution in [0.3, 0.4) is 0 Å². The van der Waals surface area contributed by atoms with E-state index in [-0.39, 0.29) is 18.0 Å². The molecular formula is C14H12ClN3O2S2. The zero-order valence-electron chi connectivity index (χ0n) is 11.7. The minimum absolute atomic E-state index is 0.0206. The zero-order valence-corrected chi connectivity index (χ0v) is 14.0. The maximum absolute atomic E-state index is 12.3. The number of nitrogens with zero attached hydrogens (tertiary/aromatic N) is 3. The molecule has 114 valence electrons. The van der Waals surface area contributed by atoms with Crippen LogP contribution >= 0.6 is 34.3 Å². The van der Waals surface area contributed by atoms with Gasteiger partial charge in [-0.05, 0) is 23.6 Å². The van der Waals surface area contributed by atoms with E-state index in [0.717, 1.165) is 4.88 Å². The van der Waals surface area contributed by atoms with E-state index < -0.39 is 0 Å². The Morgan fingerprint density at radius 2 is 2.23 bits per heavy atom. The predicted molar refractivity (Wildman–Crippen MR) is 89.7 cm³/mol. The fourth-order valence-corrected chi connectivity index (χ4v) is 3.90. The summed E-state index contributed by atoms with van der Waals surface area (Å²) in [7, 11) is 1.71. The molecule has 0 aliphatic rings. The maximum atomic E-state index is 12.3. The standard InChI is InChI=1S/C14H12ClN3O2S2/c1-17(6-9-2-3-11(15)22-9)12(19)7-18-8-16-13-10(14(18)20)4-5-21-13/h2-5,8H,6-7H2,1H3. The summed E-state index contributed by atoms with van der Waals surface area (Å²) < 4.78 is 2.04. The van der Waals surface area contributed by atoms with E-state index >= 15 is 0 Å². The molecule has 0 N–H and O–H groups in total. The number of rotatable bonds is 4. The summed E-state index contributed by atoms with van der Waals surface area (Å²) in [6.07, 6.45) is 1.43. The lowest BCUT2D eigenvalue weighted by molar-refractivity contribution is -0.131. The van der Waals surface area contributed by atoms with Crippen molar-refractivity contribution >= 4 is 50.4 Å². The van der Waals surface area contributed by atoms with Gasteiger partial charge >= 0.3 is 0 Å². The van der Waals surface area contributed by atoms with Crippen LogP contribution in [0.1, 0.15) is 4.88 Å². The minimum atomic E-state index is -0.188. The number of halogens is 1. The van der Waals surface area contributed by atoms with Crippen LogP contribution in [-0.4, -0.2) is 27.4 Å². The second kappa shape index (κ2) is 6.20. The Labute approximate surface area is 139 Å². The lowest BCUT2D eigenvalue weighted by Crippen LogP contribution is -2.33. The third-order valence-electron chi connectivity index (χ3n) is 3.20. The van der Waals surface area contributed by atoms with E-state index in [2.05, 4.69) is 4.98 Å². The van der Waals surface area contributed by atoms with Crippen LogP contribution in [0, 0.1) is 0 Å². The molecule has 3 heterocycles. The first-order valence-corrected chi connectivity index (χ1v) is 8.53. The molecule has 0 aliphatic carbocycles. The van der Waals surface area contributed by atoms with Crippen molar-refractivity contribution in [2.45, 2.75) is 13.1 Å². The fourth-order valence-electron chi connectivity index (χ4n) is 2.03. The van der Waals surface area contributed by atoms with Gasteiger partial charge in [0.1, 0.15) is 11.4 Å². The molecule has 0 spiro atoms. The quantitative estimate of drug-likeness (QED) is 0.724. The molecule has 1 amide bonds. The third kappa shape index (κ3) is 3.06. The Balaban J connectivity index is 1.74. The largest absolute Gasteiger partial charge is 0.339 e. The SMILES string of the molecule is CN(Cc1ccc(Cl)s1)C(=O)Cn1cnc2sccc2c1=O. The van der Waals surface area contributed by atoms with Gasteiger partial charge in [0.15, 0.2) is 0 Å². The first-order valence-electron chi connectivity index (χ1n) is 6.45. The number of fused-ring (bicyclic) bond motifs is 1. The molecule has 0 bridgehead atoms.